The summed E-state index contributed by atoms with van der Waals surface area (Å²) >= 11 is 0. The Bertz CT molecular complexity index is 911. The molecule has 0 radical (unpaired) electrons. The topological polar surface area (TPSA) is 88.2 Å². The van der Waals surface area contributed by atoms with Crippen LogP contribution in [-0.4, -0.2) is 11.1 Å². The van der Waals surface area contributed by atoms with Crippen LogP contribution in [0.5, 0.6) is 5.75 Å². The molecule has 1 amide bonds. The summed E-state index contributed by atoms with van der Waals surface area (Å²) in [6, 6.07) is 19.7. The number of aryl methyl sites for hydroxylation is 1. The number of nitrogens with one attached hydrogen (secondary N) is 1. The molecule has 130 valence electrons. The maximum atomic E-state index is 12.1. The van der Waals surface area contributed by atoms with Crippen molar-refractivity contribution in [1.29, 1.82) is 5.26 Å². The highest BCUT2D eigenvalue weighted by Crippen LogP contribution is 2.19. The Kier molecular flexibility index (Phi) is 5.30. The smallest absolute Gasteiger partial charge is 0.274 e. The number of hydrogen-bond acceptors (Lipinski definition) is 5. The van der Waals surface area contributed by atoms with Gasteiger partial charge in [-0.3, -0.25) is 4.79 Å². The van der Waals surface area contributed by atoms with Crippen LogP contribution in [0.2, 0.25) is 0 Å². The van der Waals surface area contributed by atoms with Gasteiger partial charge in [-0.05, 0) is 30.2 Å². The second kappa shape index (κ2) is 7.99. The molecule has 3 rings (SSSR count). The quantitative estimate of drug-likeness (QED) is 0.736. The second-order valence-corrected chi connectivity index (χ2v) is 5.70. The van der Waals surface area contributed by atoms with Gasteiger partial charge in [-0.1, -0.05) is 47.6 Å². The van der Waals surface area contributed by atoms with Gasteiger partial charge in [0.1, 0.15) is 24.2 Å². The minimum Gasteiger partial charge on any atom is -0.489 e. The van der Waals surface area contributed by atoms with Gasteiger partial charge in [0.25, 0.3) is 5.91 Å². The van der Waals surface area contributed by atoms with Crippen LogP contribution in [0, 0.1) is 18.3 Å². The van der Waals surface area contributed by atoms with Gasteiger partial charge >= 0.3 is 0 Å². The molecular formula is C20H17N3O3. The van der Waals surface area contributed by atoms with E-state index in [2.05, 4.69) is 16.5 Å². The standard InChI is InChI=1S/C20H17N3O3/c1-14-11-18(23-26-14)20(24)22-19(12-21)16-7-9-17(10-8-16)25-13-15-5-3-2-4-6-15/h2-11,19H,13H2,1H3,(H,22,24). The fraction of sp³-hybridized carbons (Fsp3) is 0.150. The van der Waals surface area contributed by atoms with Crippen LogP contribution in [0.25, 0.3) is 0 Å². The predicted molar refractivity (Wildman–Crippen MR) is 94.3 cm³/mol. The number of hydrogen-bond donors (Lipinski definition) is 1. The molecule has 0 spiro atoms. The van der Waals surface area contributed by atoms with E-state index in [1.807, 2.05) is 30.3 Å². The van der Waals surface area contributed by atoms with Gasteiger partial charge < -0.3 is 14.6 Å². The van der Waals surface area contributed by atoms with Crippen molar-refractivity contribution < 1.29 is 14.1 Å². The summed E-state index contributed by atoms with van der Waals surface area (Å²) < 4.78 is 10.6. The maximum absolute atomic E-state index is 12.1. The van der Waals surface area contributed by atoms with Crippen molar-refractivity contribution in [1.82, 2.24) is 10.5 Å². The Balaban J connectivity index is 1.62. The molecule has 0 saturated carbocycles. The van der Waals surface area contributed by atoms with Crippen LogP contribution in [-0.2, 0) is 6.61 Å². The van der Waals surface area contributed by atoms with Crippen LogP contribution >= 0.6 is 0 Å². The fourth-order valence-electron chi connectivity index (χ4n) is 2.37. The molecule has 0 saturated heterocycles. The third-order valence-corrected chi connectivity index (χ3v) is 3.73. The number of aromatic nitrogens is 1. The number of rotatable bonds is 6. The number of amides is 1. The van der Waals surface area contributed by atoms with Crippen LogP contribution in [0.3, 0.4) is 0 Å². The molecule has 1 aromatic heterocycles. The Morgan fingerprint density at radius 2 is 1.96 bits per heavy atom. The molecule has 1 N–H and O–H groups in total. The zero-order valence-electron chi connectivity index (χ0n) is 14.2. The summed E-state index contributed by atoms with van der Waals surface area (Å²) in [7, 11) is 0. The van der Waals surface area contributed by atoms with E-state index < -0.39 is 11.9 Å². The van der Waals surface area contributed by atoms with E-state index in [-0.39, 0.29) is 5.69 Å². The first-order chi connectivity index (χ1) is 12.7. The van der Waals surface area contributed by atoms with Gasteiger partial charge in [-0.25, -0.2) is 0 Å². The van der Waals surface area contributed by atoms with Gasteiger partial charge in [0.15, 0.2) is 5.69 Å². The van der Waals surface area contributed by atoms with Crippen molar-refractivity contribution >= 4 is 5.91 Å². The van der Waals surface area contributed by atoms with E-state index in [0.29, 0.717) is 23.7 Å². The molecule has 0 aliphatic rings. The first-order valence-corrected chi connectivity index (χ1v) is 8.06. The Morgan fingerprint density at radius 3 is 2.58 bits per heavy atom. The maximum Gasteiger partial charge on any atom is 0.274 e. The molecule has 6 nitrogen and oxygen atoms in total. The molecule has 6 heteroatoms. The Hall–Kier alpha value is -3.59. The van der Waals surface area contributed by atoms with Crippen LogP contribution < -0.4 is 10.1 Å². The lowest BCUT2D eigenvalue weighted by Gasteiger charge is -2.12. The molecule has 3 aromatic rings. The summed E-state index contributed by atoms with van der Waals surface area (Å²) in [5.41, 5.74) is 1.88. The van der Waals surface area contributed by atoms with Gasteiger partial charge in [0.2, 0.25) is 0 Å². The highest BCUT2D eigenvalue weighted by Gasteiger charge is 2.17. The average molecular weight is 347 g/mol. The van der Waals surface area contributed by atoms with Gasteiger partial charge in [0.05, 0.1) is 6.07 Å². The van der Waals surface area contributed by atoms with Gasteiger partial charge in [-0.15, -0.1) is 0 Å². The van der Waals surface area contributed by atoms with E-state index in [9.17, 15) is 10.1 Å². The van der Waals surface area contributed by atoms with Crippen LogP contribution in [0.4, 0.5) is 0 Å². The van der Waals surface area contributed by atoms with E-state index in [4.69, 9.17) is 9.26 Å². The normalized spacial score (nSPS) is 11.4. The number of carbonyl (C=O) groups is 1. The lowest BCUT2D eigenvalue weighted by atomic mass is 10.1. The first-order valence-electron chi connectivity index (χ1n) is 8.06. The molecule has 0 aliphatic carbocycles. The largest absolute Gasteiger partial charge is 0.489 e. The summed E-state index contributed by atoms with van der Waals surface area (Å²) in [5.74, 6) is 0.758. The summed E-state index contributed by atoms with van der Waals surface area (Å²) in [4.78, 5) is 12.1. The zero-order valence-corrected chi connectivity index (χ0v) is 14.2. The average Bonchev–Trinajstić information content (AvgIpc) is 3.12. The molecular weight excluding hydrogens is 330 g/mol. The summed E-state index contributed by atoms with van der Waals surface area (Å²) in [5, 5.41) is 15.6. The van der Waals surface area contributed by atoms with Crippen LogP contribution in [0.1, 0.15) is 33.4 Å². The molecule has 0 fully saturated rings. The van der Waals surface area contributed by atoms with Crippen molar-refractivity contribution in [3.05, 3.63) is 83.2 Å². The van der Waals surface area contributed by atoms with Gasteiger partial charge in [0, 0.05) is 6.07 Å². The van der Waals surface area contributed by atoms with E-state index in [1.54, 1.807) is 31.2 Å². The van der Waals surface area contributed by atoms with E-state index in [1.165, 1.54) is 6.07 Å². The molecule has 26 heavy (non-hydrogen) atoms. The van der Waals surface area contributed by atoms with E-state index >= 15 is 0 Å². The Labute approximate surface area is 151 Å². The van der Waals surface area contributed by atoms with Crippen molar-refractivity contribution in [3.8, 4) is 11.8 Å². The van der Waals surface area contributed by atoms with Crippen molar-refractivity contribution in [2.45, 2.75) is 19.6 Å². The molecule has 1 unspecified atom stereocenters. The number of nitrogens with zero attached hydrogens (tertiary/aromatic N) is 2. The van der Waals surface area contributed by atoms with Gasteiger partial charge in [-0.2, -0.15) is 5.26 Å². The molecule has 0 bridgehead atoms. The molecule has 0 aliphatic heterocycles. The highest BCUT2D eigenvalue weighted by atomic mass is 16.5. The number of benzene rings is 2. The van der Waals surface area contributed by atoms with Crippen molar-refractivity contribution in [3.63, 3.8) is 0 Å². The van der Waals surface area contributed by atoms with Crippen molar-refractivity contribution in [2.24, 2.45) is 0 Å². The fourth-order valence-corrected chi connectivity index (χ4v) is 2.37. The SMILES string of the molecule is Cc1cc(C(=O)NC(C#N)c2ccc(OCc3ccccc3)cc2)no1. The summed E-state index contributed by atoms with van der Waals surface area (Å²) in [6.45, 7) is 2.16. The first kappa shape index (κ1) is 17.2. The zero-order chi connectivity index (χ0) is 18.4. The lowest BCUT2D eigenvalue weighted by molar-refractivity contribution is 0.0936. The van der Waals surface area contributed by atoms with Crippen molar-refractivity contribution in [2.75, 3.05) is 0 Å². The summed E-state index contributed by atoms with van der Waals surface area (Å²) in [6.07, 6.45) is 0. The number of carbonyl (C=O) groups excluding carboxylic acids is 1. The number of ether oxygens (including phenoxy) is 1. The molecule has 1 heterocycles. The molecule has 1 atom stereocenters. The van der Waals surface area contributed by atoms with E-state index in [0.717, 1.165) is 5.56 Å². The minimum absolute atomic E-state index is 0.144. The second-order valence-electron chi connectivity index (χ2n) is 5.70. The minimum atomic E-state index is -0.789. The number of nitriles is 1. The molecule has 2 aromatic carbocycles. The highest BCUT2D eigenvalue weighted by molar-refractivity contribution is 5.92. The monoisotopic (exact) mass is 347 g/mol. The third-order valence-electron chi connectivity index (χ3n) is 3.73. The Morgan fingerprint density at radius 1 is 1.23 bits per heavy atom. The third kappa shape index (κ3) is 4.28. The van der Waals surface area contributed by atoms with Crippen LogP contribution in [0.15, 0.2) is 65.2 Å². The predicted octanol–water partition coefficient (Wildman–Crippen LogP) is 3.56. The lowest BCUT2D eigenvalue weighted by Crippen LogP contribution is -2.27.